The smallest absolute Gasteiger partial charge is 0.243 e. The molecular formula is C66H84N6O10. The van der Waals surface area contributed by atoms with Gasteiger partial charge in [0, 0.05) is 55.2 Å². The molecule has 3 heterocycles. The highest BCUT2D eigenvalue weighted by Crippen LogP contribution is 2.66. The molecule has 13 atom stereocenters. The third-order valence-electron chi connectivity index (χ3n) is 19.1. The van der Waals surface area contributed by atoms with E-state index in [1.54, 1.807) is 42.5 Å². The highest BCUT2D eigenvalue weighted by molar-refractivity contribution is 5.98. The van der Waals surface area contributed by atoms with E-state index in [0.717, 1.165) is 46.3 Å². The minimum Gasteiger partial charge on any atom is -0.508 e. The van der Waals surface area contributed by atoms with Crippen molar-refractivity contribution in [3.05, 3.63) is 159 Å². The summed E-state index contributed by atoms with van der Waals surface area (Å²) < 4.78 is 6.61. The predicted molar refractivity (Wildman–Crippen MR) is 315 cm³/mol. The topological polar surface area (TPSA) is 299 Å². The van der Waals surface area contributed by atoms with Gasteiger partial charge in [-0.15, -0.1) is 0 Å². The molecule has 1 spiro atoms. The number of nitrogens with one attached hydrogen (secondary N) is 2. The summed E-state index contributed by atoms with van der Waals surface area (Å²) in [5, 5.41) is 90.2. The van der Waals surface area contributed by atoms with Gasteiger partial charge in [0.2, 0.25) is 5.91 Å². The van der Waals surface area contributed by atoms with Crippen molar-refractivity contribution in [2.24, 2.45) is 51.3 Å². The lowest BCUT2D eigenvalue weighted by Gasteiger charge is -2.56. The molecular weight excluding hydrogens is 1040 g/mol. The molecule has 2 bridgehead atoms. The highest BCUT2D eigenvalue weighted by atomic mass is 16.5. The van der Waals surface area contributed by atoms with Crippen molar-refractivity contribution in [1.82, 2.24) is 10.6 Å². The van der Waals surface area contributed by atoms with Gasteiger partial charge in [0.05, 0.1) is 30.0 Å². The number of aromatic hydroxyl groups is 1. The Morgan fingerprint density at radius 2 is 1.70 bits per heavy atom. The second-order valence-electron chi connectivity index (χ2n) is 24.3. The number of phenols is 1. The third-order valence-corrected chi connectivity index (χ3v) is 19.1. The van der Waals surface area contributed by atoms with Crippen molar-refractivity contribution in [2.45, 2.75) is 158 Å². The zero-order chi connectivity index (χ0) is 58.7. The maximum atomic E-state index is 15.3. The lowest BCUT2D eigenvalue weighted by Crippen LogP contribution is -2.59. The number of aliphatic hydroxyl groups excluding tert-OH is 3. The van der Waals surface area contributed by atoms with Crippen LogP contribution in [0.4, 0.5) is 0 Å². The van der Waals surface area contributed by atoms with Crippen LogP contribution < -0.4 is 27.8 Å². The van der Waals surface area contributed by atoms with Crippen molar-refractivity contribution >= 4 is 17.6 Å². The zero-order valence-corrected chi connectivity index (χ0v) is 47.6. The molecule has 1 amide bonds. The van der Waals surface area contributed by atoms with Crippen LogP contribution in [0, 0.1) is 40.9 Å². The lowest BCUT2D eigenvalue weighted by molar-refractivity contribution is -0.169. The van der Waals surface area contributed by atoms with Gasteiger partial charge in [-0.3, -0.25) is 19.9 Å². The van der Waals surface area contributed by atoms with Crippen molar-refractivity contribution < 1.29 is 50.1 Å². The Kier molecular flexibility index (Phi) is 18.6. The summed E-state index contributed by atoms with van der Waals surface area (Å²) in [6, 6.07) is 19.0. The van der Waals surface area contributed by atoms with E-state index in [9.17, 15) is 40.5 Å². The van der Waals surface area contributed by atoms with Gasteiger partial charge in [0.15, 0.2) is 17.5 Å². The van der Waals surface area contributed by atoms with Crippen molar-refractivity contribution in [2.75, 3.05) is 19.7 Å². The molecule has 0 aromatic heterocycles. The number of aliphatic hydroxyl groups is 6. The Morgan fingerprint density at radius 1 is 0.951 bits per heavy atom. The molecule has 9 rings (SSSR count). The van der Waals surface area contributed by atoms with Crippen molar-refractivity contribution in [1.29, 1.82) is 0 Å². The van der Waals surface area contributed by atoms with Crippen LogP contribution >= 0.6 is 0 Å². The number of benzene rings is 3. The predicted octanol–water partition coefficient (Wildman–Crippen LogP) is 5.69. The number of hydrogen-bond acceptors (Lipinski definition) is 13. The Morgan fingerprint density at radius 3 is 2.45 bits per heavy atom. The number of carbonyl (C=O) groups is 2. The van der Waals surface area contributed by atoms with Crippen LogP contribution in [0.25, 0.3) is 0 Å². The number of phenolic OH excluding ortho intramolecular Hbond substituents is 1. The van der Waals surface area contributed by atoms with Crippen LogP contribution in [0.2, 0.25) is 0 Å². The minimum atomic E-state index is -2.21. The normalized spacial score (nSPS) is 32.5. The summed E-state index contributed by atoms with van der Waals surface area (Å²) in [5.74, 6) is 1.15. The Hall–Kier alpha value is -6.23. The van der Waals surface area contributed by atoms with E-state index in [-0.39, 0.29) is 80.8 Å². The number of nitrogens with two attached hydrogens (primary N) is 3. The number of guanidine groups is 1. The van der Waals surface area contributed by atoms with E-state index in [4.69, 9.17) is 21.9 Å². The van der Waals surface area contributed by atoms with Crippen LogP contribution in [0.1, 0.15) is 136 Å². The second kappa shape index (κ2) is 25.3. The summed E-state index contributed by atoms with van der Waals surface area (Å²) in [6.45, 7) is 9.70. The van der Waals surface area contributed by atoms with E-state index in [1.807, 2.05) is 69.3 Å². The van der Waals surface area contributed by atoms with E-state index >= 15 is 4.79 Å². The van der Waals surface area contributed by atoms with E-state index in [2.05, 4.69) is 34.0 Å². The highest BCUT2D eigenvalue weighted by Gasteiger charge is 2.67. The summed E-state index contributed by atoms with van der Waals surface area (Å²) in [5.41, 5.74) is 23.2. The van der Waals surface area contributed by atoms with Gasteiger partial charge in [-0.25, -0.2) is 0 Å². The number of ether oxygens (including phenoxy) is 1. The molecule has 16 heteroatoms. The van der Waals surface area contributed by atoms with Gasteiger partial charge in [0.25, 0.3) is 0 Å². The zero-order valence-electron chi connectivity index (χ0n) is 47.6. The summed E-state index contributed by atoms with van der Waals surface area (Å²) >= 11 is 0. The van der Waals surface area contributed by atoms with E-state index in [0.29, 0.717) is 60.8 Å². The van der Waals surface area contributed by atoms with Gasteiger partial charge in [-0.1, -0.05) is 115 Å². The number of nitrogens with zero attached hydrogens (tertiary/aromatic N) is 1. The molecule has 3 fully saturated rings. The maximum absolute atomic E-state index is 15.3. The number of Topliss-reactive ketones (excluding diaryl/α,β-unsaturated/α-hetero) is 1. The van der Waals surface area contributed by atoms with E-state index < -0.39 is 83.0 Å². The molecule has 13 unspecified atom stereocenters. The summed E-state index contributed by atoms with van der Waals surface area (Å²) in [4.78, 5) is 34.0. The van der Waals surface area contributed by atoms with Gasteiger partial charge < -0.3 is 63.0 Å². The number of fused-ring (bicyclic) bond motifs is 7. The van der Waals surface area contributed by atoms with Gasteiger partial charge in [-0.05, 0) is 153 Å². The fourth-order valence-electron chi connectivity index (χ4n) is 14.7. The fourth-order valence-corrected chi connectivity index (χ4v) is 14.7. The number of carbonyl (C=O) groups excluding carboxylic acids is 2. The Labute approximate surface area is 482 Å². The number of rotatable bonds is 4. The molecule has 0 radical (unpaired) electrons. The molecule has 16 nitrogen and oxygen atoms in total. The van der Waals surface area contributed by atoms with Gasteiger partial charge in [-0.2, -0.15) is 0 Å². The third kappa shape index (κ3) is 12.8. The Balaban J connectivity index is 1.14. The van der Waals surface area contributed by atoms with Crippen LogP contribution in [-0.4, -0.2) is 109 Å². The minimum absolute atomic E-state index is 0.0650. The number of hydrogen-bond donors (Lipinski definition) is 12. The number of aliphatic imine (C=N–C) groups is 1. The number of allylic oxidation sites excluding steroid dienone is 5. The van der Waals surface area contributed by atoms with Gasteiger partial charge >= 0.3 is 0 Å². The first-order chi connectivity index (χ1) is 39.1. The lowest BCUT2D eigenvalue weighted by atomic mass is 9.52. The molecule has 3 aliphatic heterocycles. The van der Waals surface area contributed by atoms with Crippen LogP contribution in [0.15, 0.2) is 130 Å². The monoisotopic (exact) mass is 1120 g/mol. The molecule has 3 aromatic rings. The molecule has 3 aliphatic carbocycles. The average Bonchev–Trinajstić information content (AvgIpc) is 3.89. The van der Waals surface area contributed by atoms with Crippen molar-refractivity contribution in [3.8, 4) is 17.6 Å². The van der Waals surface area contributed by atoms with Gasteiger partial charge in [0.1, 0.15) is 24.6 Å². The van der Waals surface area contributed by atoms with Crippen LogP contribution in [0.5, 0.6) is 5.75 Å². The molecule has 3 saturated carbocycles. The van der Waals surface area contributed by atoms with Crippen LogP contribution in [0.3, 0.4) is 0 Å². The molecule has 3 aromatic carbocycles. The quantitative estimate of drug-likeness (QED) is 0.0492. The molecule has 6 aliphatic rings. The number of β-amino-alcohol motifs (C(OH)–C–C–N with tert-alkyl or cyclic N) is 1. The molecule has 438 valence electrons. The molecule has 15 N–H and O–H groups in total. The summed E-state index contributed by atoms with van der Waals surface area (Å²) in [7, 11) is 0. The fraction of sp³-hybridized carbons (Fsp3) is 0.500. The first-order valence-electron chi connectivity index (χ1n) is 29.2. The largest absolute Gasteiger partial charge is 0.508 e. The second-order valence-corrected chi connectivity index (χ2v) is 24.3. The first-order valence-corrected chi connectivity index (χ1v) is 29.2. The maximum Gasteiger partial charge on any atom is 0.243 e. The number of amides is 1. The summed E-state index contributed by atoms with van der Waals surface area (Å²) in [6.07, 6.45) is 7.14. The molecule has 82 heavy (non-hydrogen) atoms. The molecule has 0 saturated heterocycles. The Bertz CT molecular complexity index is 3090. The standard InChI is InChI=1S/C66H84N6O10/c1-38-11-5-6-30-82-56-19-10-16-45-35-65(60(77)58(45)49(56)17-7-12-39(2)66(80,81)29-26-38)53-25-24-47(74)32-41-13-8-14-42(31-41)33-51(52(36-71-63(68)69)43-20-22-46(73)23-21-43)55(76)37-70-59-57-44(15-9-18-50(57)61(67)72-62(59)78)34-54(75)40(3)48(53)27-28-64(65,4)79/h7-9,12-15,17-18,20-23,26,31,45,47,51-53,55-56,58-61,70,73-74,76-77,79-81H,2,10-11,16,19,24-25,27-30,32-37,67H2,1,3-4H3,(H,72,78)(H4,68,69,71). The first kappa shape index (κ1) is 60.4. The SMILES string of the molecule is C=C1C=CC=C2C(CCCC3CC4(C5CCC(O)Cc6cccc(c6)CC(C(CN=C(N)N)c6ccc(O)cc6)C(O)CNC6C(=O)NC(N)c7cccc(c76)CC(=O)C(C)=C5CCC4(C)O)C(O)C23)OCC#CCC(C)=CCC1(O)O. The van der Waals surface area contributed by atoms with Crippen LogP contribution in [-0.2, 0) is 33.6 Å². The average molecular weight is 1120 g/mol. The van der Waals surface area contributed by atoms with E-state index in [1.165, 1.54) is 0 Å². The number of ketones is 1. The van der Waals surface area contributed by atoms with Crippen molar-refractivity contribution in [3.63, 3.8) is 0 Å².